The summed E-state index contributed by atoms with van der Waals surface area (Å²) in [5.74, 6) is 6.42. The lowest BCUT2D eigenvalue weighted by Crippen LogP contribution is -2.24. The Balaban J connectivity index is 2.50. The zero-order valence-corrected chi connectivity index (χ0v) is 8.22. The first-order valence-electron chi connectivity index (χ1n) is 4.38. The summed E-state index contributed by atoms with van der Waals surface area (Å²) < 4.78 is 9.56. The second-order valence-electron chi connectivity index (χ2n) is 3.77. The van der Waals surface area contributed by atoms with Crippen molar-refractivity contribution in [2.75, 3.05) is 6.61 Å². The summed E-state index contributed by atoms with van der Waals surface area (Å²) in [5.41, 5.74) is -0.730. The average molecular weight is 182 g/mol. The Kier molecular flexibility index (Phi) is 2.82. The smallest absolute Gasteiger partial charge is 0.429 e. The van der Waals surface area contributed by atoms with Crippen LogP contribution in [0.3, 0.4) is 0 Å². The lowest BCUT2D eigenvalue weighted by Gasteiger charge is -2.10. The molecule has 1 rings (SSSR count). The molecule has 0 amide bonds. The second kappa shape index (κ2) is 3.69. The molecule has 1 saturated heterocycles. The zero-order valence-electron chi connectivity index (χ0n) is 8.22. The minimum absolute atomic E-state index is 0.233. The topological polar surface area (TPSA) is 35.5 Å². The van der Waals surface area contributed by atoms with Crippen LogP contribution in [-0.2, 0) is 9.47 Å². The summed E-state index contributed by atoms with van der Waals surface area (Å²) in [7, 11) is 0. The molecule has 1 heterocycles. The van der Waals surface area contributed by atoms with E-state index in [4.69, 9.17) is 4.74 Å². The standard InChI is InChI=1S/C10H14O3/c1-8(2)5-4-6-10(3)7-12-9(11)13-10/h8H,5,7H2,1-3H3. The van der Waals surface area contributed by atoms with E-state index in [1.807, 2.05) is 0 Å². The van der Waals surface area contributed by atoms with Gasteiger partial charge in [0.1, 0.15) is 6.61 Å². The van der Waals surface area contributed by atoms with Gasteiger partial charge in [-0.3, -0.25) is 0 Å². The number of hydrogen-bond acceptors (Lipinski definition) is 3. The highest BCUT2D eigenvalue weighted by Crippen LogP contribution is 2.18. The Labute approximate surface area is 78.4 Å². The highest BCUT2D eigenvalue weighted by Gasteiger charge is 2.35. The Morgan fingerprint density at radius 1 is 1.62 bits per heavy atom. The van der Waals surface area contributed by atoms with Crippen molar-refractivity contribution < 1.29 is 14.3 Å². The molecule has 0 aromatic heterocycles. The molecule has 1 aliphatic heterocycles. The van der Waals surface area contributed by atoms with Gasteiger partial charge in [0.05, 0.1) is 0 Å². The van der Waals surface area contributed by atoms with E-state index >= 15 is 0 Å². The van der Waals surface area contributed by atoms with Crippen LogP contribution in [0.4, 0.5) is 4.79 Å². The summed E-state index contributed by atoms with van der Waals surface area (Å²) >= 11 is 0. The van der Waals surface area contributed by atoms with E-state index in [-0.39, 0.29) is 6.61 Å². The molecular weight excluding hydrogens is 168 g/mol. The average Bonchev–Trinajstić information content (AvgIpc) is 2.30. The maximum Gasteiger partial charge on any atom is 0.510 e. The minimum atomic E-state index is -0.730. The Morgan fingerprint density at radius 2 is 2.31 bits per heavy atom. The first-order chi connectivity index (χ1) is 6.02. The van der Waals surface area contributed by atoms with Crippen molar-refractivity contribution in [3.63, 3.8) is 0 Å². The van der Waals surface area contributed by atoms with E-state index in [0.29, 0.717) is 5.92 Å². The highest BCUT2D eigenvalue weighted by atomic mass is 16.8. The van der Waals surface area contributed by atoms with Gasteiger partial charge in [0, 0.05) is 6.42 Å². The van der Waals surface area contributed by atoms with Gasteiger partial charge < -0.3 is 9.47 Å². The van der Waals surface area contributed by atoms with Gasteiger partial charge >= 0.3 is 6.16 Å². The van der Waals surface area contributed by atoms with Crippen LogP contribution >= 0.6 is 0 Å². The molecule has 0 N–H and O–H groups in total. The third-order valence-corrected chi connectivity index (χ3v) is 1.64. The normalized spacial score (nSPS) is 26.3. The van der Waals surface area contributed by atoms with Crippen molar-refractivity contribution in [1.82, 2.24) is 0 Å². The van der Waals surface area contributed by atoms with Gasteiger partial charge in [-0.25, -0.2) is 4.79 Å². The van der Waals surface area contributed by atoms with Gasteiger partial charge in [-0.2, -0.15) is 0 Å². The van der Waals surface area contributed by atoms with E-state index in [1.165, 1.54) is 0 Å². The van der Waals surface area contributed by atoms with E-state index in [2.05, 4.69) is 30.4 Å². The van der Waals surface area contributed by atoms with Gasteiger partial charge in [-0.15, -0.1) is 0 Å². The Bertz CT molecular complexity index is 259. The maximum atomic E-state index is 10.6. The van der Waals surface area contributed by atoms with Gasteiger partial charge in [-0.05, 0) is 12.8 Å². The third-order valence-electron chi connectivity index (χ3n) is 1.64. The van der Waals surface area contributed by atoms with Gasteiger partial charge in [0.2, 0.25) is 5.60 Å². The monoisotopic (exact) mass is 182 g/mol. The molecule has 3 heteroatoms. The largest absolute Gasteiger partial charge is 0.510 e. The summed E-state index contributed by atoms with van der Waals surface area (Å²) in [6, 6.07) is 0. The predicted molar refractivity (Wildman–Crippen MR) is 48.1 cm³/mol. The van der Waals surface area contributed by atoms with Crippen molar-refractivity contribution >= 4 is 6.16 Å². The molecule has 1 fully saturated rings. The van der Waals surface area contributed by atoms with E-state index < -0.39 is 11.8 Å². The number of hydrogen-bond donors (Lipinski definition) is 0. The molecule has 0 aromatic rings. The fourth-order valence-corrected chi connectivity index (χ4v) is 0.943. The molecule has 13 heavy (non-hydrogen) atoms. The number of carbonyl (C=O) groups excluding carboxylic acids is 1. The SMILES string of the molecule is CC(C)CC#CC1(C)COC(=O)O1. The molecule has 0 bridgehead atoms. The van der Waals surface area contributed by atoms with Crippen LogP contribution in [0.15, 0.2) is 0 Å². The molecule has 3 nitrogen and oxygen atoms in total. The number of ether oxygens (including phenoxy) is 2. The predicted octanol–water partition coefficient (Wildman–Crippen LogP) is 1.96. The van der Waals surface area contributed by atoms with Crippen LogP contribution in [0.5, 0.6) is 0 Å². The fourth-order valence-electron chi connectivity index (χ4n) is 0.943. The zero-order chi connectivity index (χ0) is 9.90. The summed E-state index contributed by atoms with van der Waals surface area (Å²) in [6.45, 7) is 6.17. The van der Waals surface area contributed by atoms with Crippen molar-refractivity contribution in [1.29, 1.82) is 0 Å². The third kappa shape index (κ3) is 2.98. The molecule has 0 aromatic carbocycles. The molecule has 72 valence electrons. The Hall–Kier alpha value is -1.17. The summed E-state index contributed by atoms with van der Waals surface area (Å²) in [6.07, 6.45) is 0.189. The van der Waals surface area contributed by atoms with Gasteiger partial charge in [-0.1, -0.05) is 25.7 Å². The molecular formula is C10H14O3. The quantitative estimate of drug-likeness (QED) is 0.459. The van der Waals surface area contributed by atoms with Crippen molar-refractivity contribution in [2.45, 2.75) is 32.8 Å². The molecule has 1 unspecified atom stereocenters. The van der Waals surface area contributed by atoms with Gasteiger partial charge in [0.25, 0.3) is 0 Å². The number of carbonyl (C=O) groups is 1. The molecule has 0 radical (unpaired) electrons. The van der Waals surface area contributed by atoms with Crippen LogP contribution in [0.2, 0.25) is 0 Å². The molecule has 0 aliphatic carbocycles. The molecule has 0 spiro atoms. The lowest BCUT2D eigenvalue weighted by molar-refractivity contribution is 0.103. The molecule has 1 aliphatic rings. The first kappa shape index (κ1) is 9.91. The maximum absolute atomic E-state index is 10.6. The van der Waals surface area contributed by atoms with Crippen molar-refractivity contribution in [2.24, 2.45) is 5.92 Å². The molecule has 0 saturated carbocycles. The van der Waals surface area contributed by atoms with Crippen LogP contribution in [-0.4, -0.2) is 18.4 Å². The first-order valence-corrected chi connectivity index (χ1v) is 4.38. The van der Waals surface area contributed by atoms with Crippen LogP contribution in [0.25, 0.3) is 0 Å². The van der Waals surface area contributed by atoms with E-state index in [0.717, 1.165) is 6.42 Å². The summed E-state index contributed by atoms with van der Waals surface area (Å²) in [5, 5.41) is 0. The fraction of sp³-hybridized carbons (Fsp3) is 0.700. The Morgan fingerprint density at radius 3 is 2.77 bits per heavy atom. The number of cyclic esters (lactones) is 2. The van der Waals surface area contributed by atoms with E-state index in [1.54, 1.807) is 6.92 Å². The van der Waals surface area contributed by atoms with Crippen molar-refractivity contribution in [3.8, 4) is 11.8 Å². The second-order valence-corrected chi connectivity index (χ2v) is 3.77. The number of rotatable bonds is 1. The van der Waals surface area contributed by atoms with Crippen LogP contribution < -0.4 is 0 Å². The lowest BCUT2D eigenvalue weighted by atomic mass is 10.1. The van der Waals surface area contributed by atoms with Gasteiger partial charge in [0.15, 0.2) is 0 Å². The summed E-state index contributed by atoms with van der Waals surface area (Å²) in [4.78, 5) is 10.6. The van der Waals surface area contributed by atoms with Crippen molar-refractivity contribution in [3.05, 3.63) is 0 Å². The van der Waals surface area contributed by atoms with Crippen LogP contribution in [0, 0.1) is 17.8 Å². The molecule has 1 atom stereocenters. The van der Waals surface area contributed by atoms with E-state index in [9.17, 15) is 4.79 Å². The highest BCUT2D eigenvalue weighted by molar-refractivity contribution is 5.63. The minimum Gasteiger partial charge on any atom is -0.429 e. The van der Waals surface area contributed by atoms with Crippen LogP contribution in [0.1, 0.15) is 27.2 Å².